The first-order valence-corrected chi connectivity index (χ1v) is 3.90. The summed E-state index contributed by atoms with van der Waals surface area (Å²) < 4.78 is 4.24. The molecule has 0 aromatic rings. The van der Waals surface area contributed by atoms with Crippen LogP contribution in [0.3, 0.4) is 0 Å². The summed E-state index contributed by atoms with van der Waals surface area (Å²) in [5.74, 6) is -0.418. The molecule has 1 rings (SSSR count). The highest BCUT2D eigenvalue weighted by atomic mass is 16.5. The lowest BCUT2D eigenvalue weighted by Crippen LogP contribution is -2.54. The number of β-amino-alcohol motifs (C(OH)–C–C–N with tert-alkyl or cyclic N) is 1. The Hall–Kier alpha value is -1.14. The van der Waals surface area contributed by atoms with Crippen molar-refractivity contribution < 1.29 is 19.4 Å². The fourth-order valence-electron chi connectivity index (χ4n) is 1.08. The van der Waals surface area contributed by atoms with Crippen molar-refractivity contribution in [2.75, 3.05) is 26.7 Å². The topological polar surface area (TPSA) is 78.9 Å². The lowest BCUT2D eigenvalue weighted by Gasteiger charge is -2.34. The van der Waals surface area contributed by atoms with Gasteiger partial charge in [0, 0.05) is 13.1 Å². The molecule has 0 atom stereocenters. The van der Waals surface area contributed by atoms with Crippen LogP contribution in [0.2, 0.25) is 0 Å². The maximum atomic E-state index is 11.0. The van der Waals surface area contributed by atoms with E-state index in [-0.39, 0.29) is 12.6 Å². The van der Waals surface area contributed by atoms with Gasteiger partial charge in [0.15, 0.2) is 0 Å². The Kier molecular flexibility index (Phi) is 3.21. The first-order valence-electron chi connectivity index (χ1n) is 3.90. The molecule has 0 bridgehead atoms. The Morgan fingerprint density at radius 2 is 2.23 bits per heavy atom. The van der Waals surface area contributed by atoms with Gasteiger partial charge >= 0.3 is 6.09 Å². The predicted molar refractivity (Wildman–Crippen MR) is 43.0 cm³/mol. The van der Waals surface area contributed by atoms with Gasteiger partial charge < -0.3 is 9.84 Å². The van der Waals surface area contributed by atoms with E-state index in [0.29, 0.717) is 13.1 Å². The summed E-state index contributed by atoms with van der Waals surface area (Å²) in [5.41, 5.74) is 0. The maximum Gasteiger partial charge on any atom is 0.413 e. The highest BCUT2D eigenvalue weighted by Crippen LogP contribution is 2.05. The number of nitrogens with zero attached hydrogens (tertiary/aromatic N) is 1. The van der Waals surface area contributed by atoms with Crippen molar-refractivity contribution in [3.63, 3.8) is 0 Å². The van der Waals surface area contributed by atoms with Crippen LogP contribution in [-0.4, -0.2) is 54.9 Å². The molecular weight excluding hydrogens is 176 g/mol. The van der Waals surface area contributed by atoms with Gasteiger partial charge in [0.05, 0.1) is 19.8 Å². The van der Waals surface area contributed by atoms with E-state index < -0.39 is 12.0 Å². The maximum absolute atomic E-state index is 11.0. The summed E-state index contributed by atoms with van der Waals surface area (Å²) in [7, 11) is 1.19. The predicted octanol–water partition coefficient (Wildman–Crippen LogP) is -1.45. The van der Waals surface area contributed by atoms with Crippen LogP contribution in [0.25, 0.3) is 0 Å². The summed E-state index contributed by atoms with van der Waals surface area (Å²) in [4.78, 5) is 23.3. The number of nitrogens with one attached hydrogen (secondary N) is 1. The summed E-state index contributed by atoms with van der Waals surface area (Å²) in [6.07, 6.45) is -1.10. The molecule has 6 nitrogen and oxygen atoms in total. The monoisotopic (exact) mass is 188 g/mol. The average Bonchev–Trinajstić information content (AvgIpc) is 2.01. The zero-order valence-electron chi connectivity index (χ0n) is 7.32. The third-order valence-electron chi connectivity index (χ3n) is 1.73. The molecule has 0 saturated carbocycles. The number of likely N-dealkylation sites (tertiary alicyclic amines) is 1. The number of carbonyl (C=O) groups is 2. The lowest BCUT2D eigenvalue weighted by molar-refractivity contribution is -0.124. The van der Waals surface area contributed by atoms with Crippen LogP contribution in [0.5, 0.6) is 0 Å². The smallest absolute Gasteiger partial charge is 0.413 e. The van der Waals surface area contributed by atoms with Gasteiger partial charge in [-0.15, -0.1) is 0 Å². The molecule has 0 unspecified atom stereocenters. The van der Waals surface area contributed by atoms with E-state index in [1.165, 1.54) is 7.11 Å². The van der Waals surface area contributed by atoms with Crippen LogP contribution < -0.4 is 5.32 Å². The van der Waals surface area contributed by atoms with Crippen molar-refractivity contribution in [1.82, 2.24) is 10.2 Å². The highest BCUT2D eigenvalue weighted by Gasteiger charge is 2.26. The Bertz CT molecular complexity index is 213. The van der Waals surface area contributed by atoms with Crippen LogP contribution in [0.4, 0.5) is 4.79 Å². The van der Waals surface area contributed by atoms with E-state index in [0.717, 1.165) is 0 Å². The number of amides is 2. The molecule has 0 aromatic carbocycles. The molecule has 0 aliphatic carbocycles. The number of hydrogen-bond donors (Lipinski definition) is 2. The van der Waals surface area contributed by atoms with E-state index >= 15 is 0 Å². The molecule has 0 radical (unpaired) electrons. The summed E-state index contributed by atoms with van der Waals surface area (Å²) in [5, 5.41) is 10.9. The zero-order valence-corrected chi connectivity index (χ0v) is 7.32. The van der Waals surface area contributed by atoms with E-state index in [9.17, 15) is 9.59 Å². The lowest BCUT2D eigenvalue weighted by atomic mass is 10.2. The highest BCUT2D eigenvalue weighted by molar-refractivity contribution is 5.92. The van der Waals surface area contributed by atoms with Gasteiger partial charge in [-0.1, -0.05) is 0 Å². The van der Waals surface area contributed by atoms with E-state index in [1.807, 2.05) is 5.32 Å². The van der Waals surface area contributed by atoms with E-state index in [1.54, 1.807) is 4.90 Å². The fraction of sp³-hybridized carbons (Fsp3) is 0.714. The molecule has 0 aromatic heterocycles. The van der Waals surface area contributed by atoms with Gasteiger partial charge in [-0.05, 0) is 0 Å². The second kappa shape index (κ2) is 4.20. The number of aliphatic hydroxyl groups excluding tert-OH is 1. The van der Waals surface area contributed by atoms with Crippen molar-refractivity contribution in [1.29, 1.82) is 0 Å². The van der Waals surface area contributed by atoms with Crippen LogP contribution in [0.15, 0.2) is 0 Å². The molecule has 74 valence electrons. The fourth-order valence-corrected chi connectivity index (χ4v) is 1.08. The number of carbonyl (C=O) groups excluding carboxylic acids is 2. The molecule has 1 fully saturated rings. The molecule has 2 N–H and O–H groups in total. The van der Waals surface area contributed by atoms with Crippen molar-refractivity contribution in [3.05, 3.63) is 0 Å². The largest absolute Gasteiger partial charge is 0.453 e. The first kappa shape index (κ1) is 9.94. The van der Waals surface area contributed by atoms with Crippen molar-refractivity contribution in [2.24, 2.45) is 0 Å². The van der Waals surface area contributed by atoms with Gasteiger partial charge in [0.25, 0.3) is 0 Å². The van der Waals surface area contributed by atoms with Gasteiger partial charge in [0.2, 0.25) is 5.91 Å². The first-order chi connectivity index (χ1) is 6.11. The number of alkyl carbamates (subject to hydrolysis) is 1. The number of methoxy groups -OCH3 is 1. The van der Waals surface area contributed by atoms with Crippen LogP contribution in [0, 0.1) is 0 Å². The number of hydrogen-bond acceptors (Lipinski definition) is 5. The minimum absolute atomic E-state index is 0.117. The number of ether oxygens (including phenoxy) is 1. The quantitative estimate of drug-likeness (QED) is 0.554. The second-order valence-electron chi connectivity index (χ2n) is 2.89. The third kappa shape index (κ3) is 3.00. The van der Waals surface area contributed by atoms with Crippen molar-refractivity contribution >= 4 is 12.0 Å². The zero-order chi connectivity index (χ0) is 9.84. The average molecular weight is 188 g/mol. The molecule has 6 heteroatoms. The minimum atomic E-state index is -0.758. The SMILES string of the molecule is COC(=O)NC(=O)CN1CC(O)C1. The van der Waals surface area contributed by atoms with Crippen LogP contribution in [0.1, 0.15) is 0 Å². The summed E-state index contributed by atoms with van der Waals surface area (Å²) in [6.45, 7) is 1.08. The Labute approximate surface area is 75.5 Å². The van der Waals surface area contributed by atoms with Gasteiger partial charge in [-0.2, -0.15) is 0 Å². The number of aliphatic hydroxyl groups is 1. The van der Waals surface area contributed by atoms with Crippen LogP contribution in [-0.2, 0) is 9.53 Å². The molecule has 2 amide bonds. The summed E-state index contributed by atoms with van der Waals surface area (Å²) >= 11 is 0. The van der Waals surface area contributed by atoms with Crippen molar-refractivity contribution in [3.8, 4) is 0 Å². The molecule has 1 heterocycles. The number of rotatable bonds is 2. The van der Waals surface area contributed by atoms with Crippen molar-refractivity contribution in [2.45, 2.75) is 6.10 Å². The Balaban J connectivity index is 2.15. The van der Waals surface area contributed by atoms with E-state index in [2.05, 4.69) is 4.74 Å². The normalized spacial score (nSPS) is 17.7. The molecule has 13 heavy (non-hydrogen) atoms. The molecule has 1 aliphatic heterocycles. The number of imide groups is 1. The van der Waals surface area contributed by atoms with Gasteiger partial charge in [0.1, 0.15) is 0 Å². The second-order valence-corrected chi connectivity index (χ2v) is 2.89. The minimum Gasteiger partial charge on any atom is -0.453 e. The van der Waals surface area contributed by atoms with Crippen LogP contribution >= 0.6 is 0 Å². The van der Waals surface area contributed by atoms with Gasteiger partial charge in [-0.25, -0.2) is 4.79 Å². The Morgan fingerprint density at radius 1 is 1.62 bits per heavy atom. The molecule has 1 saturated heterocycles. The molecule has 0 spiro atoms. The molecular formula is C7H12N2O4. The Morgan fingerprint density at radius 3 is 2.69 bits per heavy atom. The van der Waals surface area contributed by atoms with E-state index in [4.69, 9.17) is 5.11 Å². The molecule has 1 aliphatic rings. The summed E-state index contributed by atoms with van der Waals surface area (Å²) in [6, 6.07) is 0. The third-order valence-corrected chi connectivity index (χ3v) is 1.73. The van der Waals surface area contributed by atoms with Gasteiger partial charge in [-0.3, -0.25) is 15.0 Å². The standard InChI is InChI=1S/C7H12N2O4/c1-13-7(12)8-6(11)4-9-2-5(10)3-9/h5,10H,2-4H2,1H3,(H,8,11,12).